The Bertz CT molecular complexity index is 1200. The Labute approximate surface area is 227 Å². The molecule has 0 spiro atoms. The first-order chi connectivity index (χ1) is 18.3. The van der Waals surface area contributed by atoms with E-state index in [1.165, 1.54) is 4.90 Å². The highest BCUT2D eigenvalue weighted by atomic mass is 35.5. The van der Waals surface area contributed by atoms with Crippen LogP contribution in [0.2, 0.25) is 5.02 Å². The van der Waals surface area contributed by atoms with E-state index in [1.807, 2.05) is 17.0 Å². The Morgan fingerprint density at radius 2 is 1.74 bits per heavy atom. The number of hydrogen-bond donors (Lipinski definition) is 1. The molecule has 0 saturated carbocycles. The van der Waals surface area contributed by atoms with Crippen LogP contribution in [0.15, 0.2) is 59.8 Å². The summed E-state index contributed by atoms with van der Waals surface area (Å²) in [6.45, 7) is 4.80. The van der Waals surface area contributed by atoms with Crippen molar-refractivity contribution >= 4 is 29.5 Å². The molecule has 1 fully saturated rings. The summed E-state index contributed by atoms with van der Waals surface area (Å²) in [6, 6.07) is 13.2. The number of esters is 1. The number of halogens is 1. The Morgan fingerprint density at radius 3 is 2.39 bits per heavy atom. The number of likely N-dealkylation sites (N-methyl/N-ethyl adjacent to an activating group) is 1. The van der Waals surface area contributed by atoms with Crippen molar-refractivity contribution in [1.82, 2.24) is 20.0 Å². The van der Waals surface area contributed by atoms with Gasteiger partial charge >= 0.3 is 12.0 Å². The molecule has 1 N–H and O–H groups in total. The quantitative estimate of drug-likeness (QED) is 0.538. The minimum Gasteiger partial charge on any atom is -0.497 e. The fourth-order valence-electron chi connectivity index (χ4n) is 4.76. The average molecular weight is 541 g/mol. The second kappa shape index (κ2) is 12.3. The number of benzene rings is 2. The minimum atomic E-state index is -0.659. The molecule has 1 atom stereocenters. The Hall–Kier alpha value is -3.56. The summed E-state index contributed by atoms with van der Waals surface area (Å²) in [5.74, 6) is 0.172. The van der Waals surface area contributed by atoms with Gasteiger partial charge in [-0.1, -0.05) is 23.7 Å². The van der Waals surface area contributed by atoms with Crippen molar-refractivity contribution in [3.8, 4) is 5.75 Å². The van der Waals surface area contributed by atoms with Crippen LogP contribution in [0, 0.1) is 0 Å². The molecule has 4 rings (SSSR count). The summed E-state index contributed by atoms with van der Waals surface area (Å²) in [6.07, 6.45) is 0.763. The Balaban J connectivity index is 1.58. The van der Waals surface area contributed by atoms with Gasteiger partial charge in [-0.15, -0.1) is 0 Å². The van der Waals surface area contributed by atoms with Gasteiger partial charge in [0.2, 0.25) is 0 Å². The topological polar surface area (TPSA) is 91.4 Å². The highest BCUT2D eigenvalue weighted by Gasteiger charge is 2.37. The smallest absolute Gasteiger partial charge is 0.338 e. The molecule has 0 aliphatic carbocycles. The molecule has 1 unspecified atom stereocenters. The van der Waals surface area contributed by atoms with E-state index in [0.717, 1.165) is 12.0 Å². The van der Waals surface area contributed by atoms with E-state index in [4.69, 9.17) is 21.1 Å². The van der Waals surface area contributed by atoms with Crippen molar-refractivity contribution < 1.29 is 23.9 Å². The van der Waals surface area contributed by atoms with Crippen LogP contribution in [0.5, 0.6) is 5.75 Å². The van der Waals surface area contributed by atoms with Gasteiger partial charge in [0.1, 0.15) is 5.75 Å². The molecule has 9 nitrogen and oxygen atoms in total. The monoisotopic (exact) mass is 540 g/mol. The van der Waals surface area contributed by atoms with Crippen LogP contribution in [0.25, 0.3) is 0 Å². The normalized spacial score (nSPS) is 18.6. The zero-order valence-electron chi connectivity index (χ0n) is 21.9. The summed E-state index contributed by atoms with van der Waals surface area (Å²) >= 11 is 5.97. The third-order valence-electron chi connectivity index (χ3n) is 6.86. The molecule has 202 valence electrons. The maximum Gasteiger partial charge on any atom is 0.338 e. The van der Waals surface area contributed by atoms with Gasteiger partial charge in [-0.2, -0.15) is 0 Å². The fraction of sp³-hybridized carbons (Fsp3) is 0.393. The lowest BCUT2D eigenvalue weighted by Crippen LogP contribution is -2.49. The lowest BCUT2D eigenvalue weighted by Gasteiger charge is -2.36. The van der Waals surface area contributed by atoms with Gasteiger partial charge in [0.25, 0.3) is 5.91 Å². The van der Waals surface area contributed by atoms with Gasteiger partial charge in [0.05, 0.1) is 25.3 Å². The minimum absolute atomic E-state index is 0.0383. The van der Waals surface area contributed by atoms with Gasteiger partial charge in [-0.05, 0) is 55.3 Å². The van der Waals surface area contributed by atoms with Crippen LogP contribution in [0.3, 0.4) is 0 Å². The van der Waals surface area contributed by atoms with Crippen LogP contribution in [-0.2, 0) is 9.53 Å². The Morgan fingerprint density at radius 1 is 1.03 bits per heavy atom. The number of nitrogens with zero attached hydrogens (tertiary/aromatic N) is 3. The van der Waals surface area contributed by atoms with E-state index in [2.05, 4.69) is 10.2 Å². The second-order valence-corrected chi connectivity index (χ2v) is 9.66. The van der Waals surface area contributed by atoms with Gasteiger partial charge in [-0.3, -0.25) is 14.6 Å². The first kappa shape index (κ1) is 27.5. The number of ether oxygens (including phenoxy) is 2. The second-order valence-electron chi connectivity index (χ2n) is 9.22. The van der Waals surface area contributed by atoms with Crippen molar-refractivity contribution in [1.29, 1.82) is 0 Å². The van der Waals surface area contributed by atoms with Crippen LogP contribution in [0.1, 0.15) is 35.3 Å². The number of methoxy groups -OCH3 is 1. The highest BCUT2D eigenvalue weighted by molar-refractivity contribution is 6.30. The lowest BCUT2D eigenvalue weighted by atomic mass is 9.94. The number of hydrogen-bond acceptors (Lipinski definition) is 6. The largest absolute Gasteiger partial charge is 0.497 e. The molecule has 1 saturated heterocycles. The van der Waals surface area contributed by atoms with Crippen molar-refractivity contribution in [2.45, 2.75) is 19.4 Å². The molecule has 10 heteroatoms. The molecule has 2 aliphatic heterocycles. The van der Waals surface area contributed by atoms with Crippen molar-refractivity contribution in [2.75, 3.05) is 53.5 Å². The zero-order valence-corrected chi connectivity index (χ0v) is 22.7. The molecule has 2 aliphatic rings. The average Bonchev–Trinajstić information content (AvgIpc) is 3.17. The first-order valence-corrected chi connectivity index (χ1v) is 13.1. The van der Waals surface area contributed by atoms with E-state index >= 15 is 0 Å². The molecule has 0 radical (unpaired) electrons. The van der Waals surface area contributed by atoms with Gasteiger partial charge in [0, 0.05) is 56.1 Å². The molecule has 0 bridgehead atoms. The molecule has 2 aromatic rings. The molecular weight excluding hydrogens is 508 g/mol. The lowest BCUT2D eigenvalue weighted by molar-refractivity contribution is -0.139. The Kier molecular flexibility index (Phi) is 8.91. The SMILES string of the molecule is CCOC(=O)C1=C(CN2CCCN(C(=O)c3ccc(Cl)cc3)CC2)N(C)C(=O)NC1c1ccc(OC)cc1. The van der Waals surface area contributed by atoms with Crippen LogP contribution >= 0.6 is 11.6 Å². The van der Waals surface area contributed by atoms with Crippen LogP contribution in [0.4, 0.5) is 4.79 Å². The summed E-state index contributed by atoms with van der Waals surface area (Å²) in [4.78, 5) is 44.8. The number of carbonyl (C=O) groups is 3. The zero-order chi connectivity index (χ0) is 27.2. The fourth-order valence-corrected chi connectivity index (χ4v) is 4.89. The summed E-state index contributed by atoms with van der Waals surface area (Å²) in [5.41, 5.74) is 2.34. The van der Waals surface area contributed by atoms with Gasteiger partial charge in [-0.25, -0.2) is 9.59 Å². The standard InChI is InChI=1S/C28H33ClN4O5/c1-4-38-27(35)24-23(31(2)28(36)30-25(24)19-8-12-22(37-3)13-9-19)18-32-14-5-15-33(17-16-32)26(34)20-6-10-21(29)11-7-20/h6-13,25H,4-5,14-18H2,1-3H3,(H,30,36). The number of rotatable bonds is 7. The summed E-state index contributed by atoms with van der Waals surface area (Å²) in [5, 5.41) is 3.53. The third-order valence-corrected chi connectivity index (χ3v) is 7.11. The predicted octanol–water partition coefficient (Wildman–Crippen LogP) is 3.71. The maximum absolute atomic E-state index is 13.2. The predicted molar refractivity (Wildman–Crippen MR) is 144 cm³/mol. The highest BCUT2D eigenvalue weighted by Crippen LogP contribution is 2.32. The summed E-state index contributed by atoms with van der Waals surface area (Å²) in [7, 11) is 3.24. The molecule has 3 amide bonds. The van der Waals surface area contributed by atoms with E-state index in [1.54, 1.807) is 57.5 Å². The van der Waals surface area contributed by atoms with E-state index in [9.17, 15) is 14.4 Å². The third kappa shape index (κ3) is 6.11. The number of carbonyl (C=O) groups excluding carboxylic acids is 3. The molecule has 38 heavy (non-hydrogen) atoms. The van der Waals surface area contributed by atoms with E-state index < -0.39 is 12.0 Å². The van der Waals surface area contributed by atoms with Crippen molar-refractivity contribution in [2.24, 2.45) is 0 Å². The number of urea groups is 1. The maximum atomic E-state index is 13.2. The van der Waals surface area contributed by atoms with Crippen LogP contribution < -0.4 is 10.1 Å². The first-order valence-electron chi connectivity index (χ1n) is 12.7. The number of amides is 3. The summed E-state index contributed by atoms with van der Waals surface area (Å²) < 4.78 is 10.7. The van der Waals surface area contributed by atoms with E-state index in [-0.39, 0.29) is 18.5 Å². The van der Waals surface area contributed by atoms with Gasteiger partial charge in [0.15, 0.2) is 0 Å². The van der Waals surface area contributed by atoms with Crippen molar-refractivity contribution in [3.05, 3.63) is 76.0 Å². The molecular formula is C28H33ClN4O5. The number of nitrogens with one attached hydrogen (secondary N) is 1. The molecule has 2 heterocycles. The molecule has 0 aromatic heterocycles. The molecule has 2 aromatic carbocycles. The van der Waals surface area contributed by atoms with Crippen LogP contribution in [-0.4, -0.2) is 86.1 Å². The van der Waals surface area contributed by atoms with Gasteiger partial charge < -0.3 is 19.7 Å². The van der Waals surface area contributed by atoms with E-state index in [0.29, 0.717) is 60.3 Å². The van der Waals surface area contributed by atoms with Crippen molar-refractivity contribution in [3.63, 3.8) is 0 Å².